The third kappa shape index (κ3) is 3.33. The number of anilines is 2. The molecular formula is C24H24ClN5O2. The van der Waals surface area contributed by atoms with Gasteiger partial charge in [-0.2, -0.15) is 4.98 Å². The maximum absolute atomic E-state index is 13.6. The van der Waals surface area contributed by atoms with Gasteiger partial charge in [-0.1, -0.05) is 54.4 Å². The molecule has 5 rings (SSSR count). The molecule has 164 valence electrons. The van der Waals surface area contributed by atoms with Crippen molar-refractivity contribution in [2.75, 3.05) is 11.4 Å². The molecule has 0 N–H and O–H groups in total. The third-order valence-corrected chi connectivity index (χ3v) is 6.22. The first-order chi connectivity index (χ1) is 15.3. The number of nitrogens with zero attached hydrogens (tertiary/aromatic N) is 5. The molecular weight excluding hydrogens is 426 g/mol. The predicted molar refractivity (Wildman–Crippen MR) is 127 cm³/mol. The summed E-state index contributed by atoms with van der Waals surface area (Å²) >= 11 is 6.23. The van der Waals surface area contributed by atoms with Crippen molar-refractivity contribution in [2.24, 2.45) is 13.0 Å². The van der Waals surface area contributed by atoms with Gasteiger partial charge in [0.15, 0.2) is 11.2 Å². The number of hydrogen-bond donors (Lipinski definition) is 0. The number of fused-ring (bicyclic) bond motifs is 3. The van der Waals surface area contributed by atoms with E-state index in [-0.39, 0.29) is 23.7 Å². The van der Waals surface area contributed by atoms with E-state index in [9.17, 15) is 9.59 Å². The fraction of sp³-hybridized carbons (Fsp3) is 0.292. The summed E-state index contributed by atoms with van der Waals surface area (Å²) in [4.78, 5) is 33.5. The molecule has 0 amide bonds. The summed E-state index contributed by atoms with van der Waals surface area (Å²) in [5.41, 5.74) is 3.07. The minimum Gasteiger partial charge on any atom is -0.312 e. The second-order valence-electron chi connectivity index (χ2n) is 8.61. The summed E-state index contributed by atoms with van der Waals surface area (Å²) in [5, 5.41) is 0.635. The first kappa shape index (κ1) is 20.6. The van der Waals surface area contributed by atoms with Gasteiger partial charge in [-0.15, -0.1) is 0 Å². The van der Waals surface area contributed by atoms with Crippen molar-refractivity contribution in [2.45, 2.75) is 26.9 Å². The van der Waals surface area contributed by atoms with Crippen molar-refractivity contribution in [3.05, 3.63) is 85.5 Å². The van der Waals surface area contributed by atoms with Crippen molar-refractivity contribution in [1.29, 1.82) is 0 Å². The SMILES string of the molecule is Cc1cccc(Cn2c(=O)c3c(nc4n3C[C@@H](C)CN4c3cccc(Cl)c3)n(C)c2=O)c1. The average molecular weight is 450 g/mol. The van der Waals surface area contributed by atoms with Gasteiger partial charge in [0.2, 0.25) is 5.95 Å². The van der Waals surface area contributed by atoms with Crippen LogP contribution in [-0.2, 0) is 20.1 Å². The monoisotopic (exact) mass is 449 g/mol. The predicted octanol–water partition coefficient (Wildman–Crippen LogP) is 3.69. The number of hydrogen-bond acceptors (Lipinski definition) is 4. The van der Waals surface area contributed by atoms with Gasteiger partial charge >= 0.3 is 5.69 Å². The Labute approximate surface area is 190 Å². The maximum Gasteiger partial charge on any atom is 0.332 e. The van der Waals surface area contributed by atoms with Gasteiger partial charge in [-0.3, -0.25) is 13.9 Å². The summed E-state index contributed by atoms with van der Waals surface area (Å²) in [6, 6.07) is 15.4. The van der Waals surface area contributed by atoms with Crippen LogP contribution in [0.4, 0.5) is 11.6 Å². The fourth-order valence-electron chi connectivity index (χ4n) is 4.50. The normalized spacial score (nSPS) is 15.9. The summed E-state index contributed by atoms with van der Waals surface area (Å²) in [6.45, 7) is 5.75. The summed E-state index contributed by atoms with van der Waals surface area (Å²) in [7, 11) is 1.67. The fourth-order valence-corrected chi connectivity index (χ4v) is 4.68. The van der Waals surface area contributed by atoms with Crippen LogP contribution in [0.15, 0.2) is 58.1 Å². The average Bonchev–Trinajstić information content (AvgIpc) is 3.14. The molecule has 1 aliphatic heterocycles. The molecule has 0 saturated heterocycles. The van der Waals surface area contributed by atoms with E-state index >= 15 is 0 Å². The molecule has 2 aromatic carbocycles. The highest BCUT2D eigenvalue weighted by Gasteiger charge is 2.30. The van der Waals surface area contributed by atoms with Crippen LogP contribution in [-0.4, -0.2) is 25.2 Å². The number of aryl methyl sites for hydroxylation is 2. The Morgan fingerprint density at radius 3 is 2.62 bits per heavy atom. The number of imidazole rings is 1. The maximum atomic E-state index is 13.6. The van der Waals surface area contributed by atoms with Crippen LogP contribution in [0.2, 0.25) is 5.02 Å². The van der Waals surface area contributed by atoms with E-state index in [1.54, 1.807) is 7.05 Å². The Bertz CT molecular complexity index is 1470. The van der Waals surface area contributed by atoms with E-state index in [1.807, 2.05) is 60.0 Å². The molecule has 1 aliphatic rings. The minimum atomic E-state index is -0.373. The van der Waals surface area contributed by atoms with E-state index in [0.29, 0.717) is 28.7 Å². The number of halogens is 1. The van der Waals surface area contributed by atoms with Crippen molar-refractivity contribution < 1.29 is 0 Å². The standard InChI is InChI=1S/C24H24ClN5O2/c1-15-6-4-7-17(10-15)14-30-22(31)20-21(27(3)24(30)32)26-23-28(12-16(2)13-29(20)23)19-9-5-8-18(25)11-19/h4-11,16H,12-14H2,1-3H3/t16-/m0/s1. The number of aromatic nitrogens is 4. The lowest BCUT2D eigenvalue weighted by molar-refractivity contribution is 0.458. The van der Waals surface area contributed by atoms with Gasteiger partial charge in [0.1, 0.15) is 0 Å². The minimum absolute atomic E-state index is 0.219. The van der Waals surface area contributed by atoms with E-state index in [1.165, 1.54) is 9.13 Å². The molecule has 32 heavy (non-hydrogen) atoms. The first-order valence-electron chi connectivity index (χ1n) is 10.6. The molecule has 7 nitrogen and oxygen atoms in total. The van der Waals surface area contributed by atoms with Gasteiger partial charge in [0.25, 0.3) is 5.56 Å². The van der Waals surface area contributed by atoms with Gasteiger partial charge in [0, 0.05) is 30.8 Å². The van der Waals surface area contributed by atoms with Crippen molar-refractivity contribution in [3.8, 4) is 0 Å². The lowest BCUT2D eigenvalue weighted by Crippen LogP contribution is -2.40. The number of benzene rings is 2. The van der Waals surface area contributed by atoms with Crippen LogP contribution in [0, 0.1) is 12.8 Å². The zero-order chi connectivity index (χ0) is 22.6. The summed E-state index contributed by atoms with van der Waals surface area (Å²) < 4.78 is 4.71. The Morgan fingerprint density at radius 2 is 1.88 bits per heavy atom. The Kier molecular flexibility index (Phi) is 4.93. The van der Waals surface area contributed by atoms with Crippen LogP contribution in [0.1, 0.15) is 18.1 Å². The second kappa shape index (κ2) is 7.67. The van der Waals surface area contributed by atoms with Crippen LogP contribution >= 0.6 is 11.6 Å². The van der Waals surface area contributed by atoms with E-state index in [0.717, 1.165) is 23.4 Å². The quantitative estimate of drug-likeness (QED) is 0.478. The van der Waals surface area contributed by atoms with E-state index in [4.69, 9.17) is 16.6 Å². The molecule has 0 bridgehead atoms. The molecule has 0 spiro atoms. The highest BCUT2D eigenvalue weighted by molar-refractivity contribution is 6.30. The molecule has 1 atom stereocenters. The third-order valence-electron chi connectivity index (χ3n) is 5.99. The Balaban J connectivity index is 1.73. The van der Waals surface area contributed by atoms with Crippen molar-refractivity contribution >= 4 is 34.4 Å². The highest BCUT2D eigenvalue weighted by Crippen LogP contribution is 2.33. The van der Waals surface area contributed by atoms with Crippen molar-refractivity contribution in [1.82, 2.24) is 18.7 Å². The van der Waals surface area contributed by atoms with Gasteiger partial charge in [0.05, 0.1) is 6.54 Å². The second-order valence-corrected chi connectivity index (χ2v) is 9.05. The zero-order valence-corrected chi connectivity index (χ0v) is 19.0. The molecule has 0 fully saturated rings. The van der Waals surface area contributed by atoms with Crippen LogP contribution in [0.25, 0.3) is 11.2 Å². The molecule has 0 aliphatic carbocycles. The summed E-state index contributed by atoms with van der Waals surface area (Å²) in [5.74, 6) is 0.932. The van der Waals surface area contributed by atoms with Gasteiger partial charge < -0.3 is 9.47 Å². The molecule has 8 heteroatoms. The lowest BCUT2D eigenvalue weighted by atomic mass is 10.1. The molecule has 0 radical (unpaired) electrons. The van der Waals surface area contributed by atoms with Crippen LogP contribution in [0.3, 0.4) is 0 Å². The van der Waals surface area contributed by atoms with E-state index < -0.39 is 0 Å². The molecule has 4 aromatic rings. The smallest absolute Gasteiger partial charge is 0.312 e. The van der Waals surface area contributed by atoms with Gasteiger partial charge in [-0.05, 0) is 36.6 Å². The summed E-state index contributed by atoms with van der Waals surface area (Å²) in [6.07, 6.45) is 0. The topological polar surface area (TPSA) is 65.1 Å². The first-order valence-corrected chi connectivity index (χ1v) is 11.0. The largest absolute Gasteiger partial charge is 0.332 e. The zero-order valence-electron chi connectivity index (χ0n) is 18.2. The lowest BCUT2D eigenvalue weighted by Gasteiger charge is -2.33. The van der Waals surface area contributed by atoms with Crippen LogP contribution < -0.4 is 16.1 Å². The Morgan fingerprint density at radius 1 is 1.09 bits per heavy atom. The van der Waals surface area contributed by atoms with Crippen LogP contribution in [0.5, 0.6) is 0 Å². The molecule has 3 heterocycles. The number of rotatable bonds is 3. The highest BCUT2D eigenvalue weighted by atomic mass is 35.5. The molecule has 0 saturated carbocycles. The Hall–Kier alpha value is -3.32. The van der Waals surface area contributed by atoms with Crippen molar-refractivity contribution in [3.63, 3.8) is 0 Å². The molecule has 2 aromatic heterocycles. The van der Waals surface area contributed by atoms with E-state index in [2.05, 4.69) is 11.8 Å². The molecule has 0 unspecified atom stereocenters. The van der Waals surface area contributed by atoms with Gasteiger partial charge in [-0.25, -0.2) is 4.79 Å².